The highest BCUT2D eigenvalue weighted by Crippen LogP contribution is 2.29. The average Bonchev–Trinajstić information content (AvgIpc) is 3.08. The van der Waals surface area contributed by atoms with Crippen molar-refractivity contribution in [3.8, 4) is 0 Å². The van der Waals surface area contributed by atoms with Crippen LogP contribution >= 0.6 is 24.0 Å². The summed E-state index contributed by atoms with van der Waals surface area (Å²) in [5.74, 6) is 0.0345. The molecule has 1 aromatic carbocycles. The number of amides is 1. The number of aromatic nitrogens is 2. The fraction of sp³-hybridized carbons (Fsp3) is 0.263. The van der Waals surface area contributed by atoms with E-state index in [1.54, 1.807) is 17.2 Å². The third kappa shape index (κ3) is 3.78. The molecule has 0 atom stereocenters. The summed E-state index contributed by atoms with van der Waals surface area (Å²) >= 11 is 5.86. The number of aryl methyl sites for hydroxylation is 1. The molecule has 3 heterocycles. The van der Waals surface area contributed by atoms with Crippen LogP contribution < -0.4 is 5.32 Å². The Balaban J connectivity index is 0.00000225. The van der Waals surface area contributed by atoms with Crippen molar-refractivity contribution >= 4 is 52.3 Å². The van der Waals surface area contributed by atoms with Gasteiger partial charge in [-0.2, -0.15) is 0 Å². The van der Waals surface area contributed by atoms with Crippen LogP contribution in [0.4, 0.5) is 15.9 Å². The van der Waals surface area contributed by atoms with E-state index in [2.05, 4.69) is 10.3 Å². The monoisotopic (exact) mass is 424 g/mol. The van der Waals surface area contributed by atoms with Gasteiger partial charge in [-0.25, -0.2) is 9.37 Å². The lowest BCUT2D eigenvalue weighted by atomic mass is 10.1. The Morgan fingerprint density at radius 2 is 2.04 bits per heavy atom. The number of ether oxygens (including phenoxy) is 1. The first kappa shape index (κ1) is 20.4. The number of fused-ring (bicyclic) bond motifs is 1. The molecule has 0 saturated carbocycles. The van der Waals surface area contributed by atoms with Crippen LogP contribution in [0.3, 0.4) is 0 Å². The zero-order chi connectivity index (χ0) is 19.0. The van der Waals surface area contributed by atoms with Gasteiger partial charge in [0.1, 0.15) is 11.6 Å². The summed E-state index contributed by atoms with van der Waals surface area (Å²) in [4.78, 5) is 19.2. The molecule has 0 spiro atoms. The molecule has 4 rings (SSSR count). The molecule has 1 saturated heterocycles. The number of anilines is 2. The third-order valence-corrected chi connectivity index (χ3v) is 4.91. The van der Waals surface area contributed by atoms with Crippen LogP contribution in [0.15, 0.2) is 36.7 Å². The van der Waals surface area contributed by atoms with Gasteiger partial charge in [0.2, 0.25) is 0 Å². The smallest absolute Gasteiger partial charge is 0.257 e. The van der Waals surface area contributed by atoms with Crippen LogP contribution in [0, 0.1) is 5.82 Å². The molecular weight excluding hydrogens is 406 g/mol. The maximum Gasteiger partial charge on any atom is 0.257 e. The Morgan fingerprint density at radius 3 is 2.75 bits per heavy atom. The maximum absolute atomic E-state index is 13.4. The van der Waals surface area contributed by atoms with E-state index in [1.165, 1.54) is 12.1 Å². The quantitative estimate of drug-likeness (QED) is 0.689. The summed E-state index contributed by atoms with van der Waals surface area (Å²) in [6, 6.07) is 6.28. The lowest BCUT2D eigenvalue weighted by molar-refractivity contribution is 0.0303. The van der Waals surface area contributed by atoms with Crippen LogP contribution in [-0.4, -0.2) is 46.7 Å². The van der Waals surface area contributed by atoms with Crippen molar-refractivity contribution in [2.75, 3.05) is 31.6 Å². The molecule has 1 aliphatic heterocycles. The van der Waals surface area contributed by atoms with Gasteiger partial charge in [-0.15, -0.1) is 12.4 Å². The molecule has 6 nitrogen and oxygen atoms in total. The van der Waals surface area contributed by atoms with Gasteiger partial charge in [-0.1, -0.05) is 11.6 Å². The highest BCUT2D eigenvalue weighted by atomic mass is 35.5. The molecule has 1 fully saturated rings. The van der Waals surface area contributed by atoms with Gasteiger partial charge >= 0.3 is 0 Å². The molecule has 0 aliphatic carbocycles. The lowest BCUT2D eigenvalue weighted by Crippen LogP contribution is -2.40. The van der Waals surface area contributed by atoms with E-state index in [0.717, 1.165) is 10.9 Å². The second kappa shape index (κ2) is 8.34. The fourth-order valence-corrected chi connectivity index (χ4v) is 3.40. The number of carbonyl (C=O) groups is 1. The molecule has 2 aromatic heterocycles. The van der Waals surface area contributed by atoms with Gasteiger partial charge in [-0.3, -0.25) is 4.79 Å². The van der Waals surface area contributed by atoms with Gasteiger partial charge in [0.15, 0.2) is 0 Å². The van der Waals surface area contributed by atoms with E-state index in [9.17, 15) is 9.18 Å². The Bertz CT molecular complexity index is 1020. The molecule has 3 aromatic rings. The van der Waals surface area contributed by atoms with Crippen molar-refractivity contribution in [2.45, 2.75) is 0 Å². The van der Waals surface area contributed by atoms with Gasteiger partial charge in [-0.05, 0) is 24.3 Å². The van der Waals surface area contributed by atoms with Gasteiger partial charge in [0.25, 0.3) is 5.91 Å². The molecule has 1 amide bonds. The second-order valence-electron chi connectivity index (χ2n) is 6.37. The molecule has 0 bridgehead atoms. The predicted octanol–water partition coefficient (Wildman–Crippen LogP) is 4.00. The van der Waals surface area contributed by atoms with Gasteiger partial charge in [0.05, 0.1) is 29.3 Å². The Labute approximate surface area is 172 Å². The van der Waals surface area contributed by atoms with Crippen LogP contribution in [-0.2, 0) is 11.8 Å². The summed E-state index contributed by atoms with van der Waals surface area (Å²) < 4.78 is 20.6. The second-order valence-corrected chi connectivity index (χ2v) is 6.78. The Hall–Kier alpha value is -2.35. The number of halogens is 3. The summed E-state index contributed by atoms with van der Waals surface area (Å²) in [7, 11) is 1.89. The summed E-state index contributed by atoms with van der Waals surface area (Å²) in [6.07, 6.45) is 3.46. The van der Waals surface area contributed by atoms with Crippen molar-refractivity contribution in [3.63, 3.8) is 0 Å². The van der Waals surface area contributed by atoms with Crippen molar-refractivity contribution in [3.05, 3.63) is 53.1 Å². The van der Waals surface area contributed by atoms with Crippen molar-refractivity contribution < 1.29 is 13.9 Å². The lowest BCUT2D eigenvalue weighted by Gasteiger charge is -2.27. The molecule has 1 aliphatic rings. The van der Waals surface area contributed by atoms with E-state index < -0.39 is 5.82 Å². The third-order valence-electron chi connectivity index (χ3n) is 4.62. The number of benzene rings is 1. The maximum atomic E-state index is 13.4. The first-order valence-corrected chi connectivity index (χ1v) is 8.95. The zero-order valence-corrected chi connectivity index (χ0v) is 16.7. The normalized spacial score (nSPS) is 14.0. The minimum Gasteiger partial charge on any atom is -0.378 e. The SMILES string of the molecule is Cl.Cn1ccc2c(Nc3ccc(F)c(Cl)c3)ncc(C(=O)N3CCOCC3)c21. The van der Waals surface area contributed by atoms with Crippen LogP contribution in [0.1, 0.15) is 10.4 Å². The van der Waals surface area contributed by atoms with Crippen molar-refractivity contribution in [2.24, 2.45) is 7.05 Å². The number of morpholine rings is 1. The number of hydrogen-bond donors (Lipinski definition) is 1. The van der Waals surface area contributed by atoms with Crippen LogP contribution in [0.2, 0.25) is 5.02 Å². The topological polar surface area (TPSA) is 59.4 Å². The van der Waals surface area contributed by atoms with Crippen LogP contribution in [0.5, 0.6) is 0 Å². The summed E-state index contributed by atoms with van der Waals surface area (Å²) in [5.41, 5.74) is 1.95. The first-order chi connectivity index (χ1) is 13.0. The zero-order valence-electron chi connectivity index (χ0n) is 15.1. The minimum absolute atomic E-state index is 0. The van der Waals surface area contributed by atoms with Crippen LogP contribution in [0.25, 0.3) is 10.9 Å². The first-order valence-electron chi connectivity index (χ1n) is 8.58. The molecule has 1 N–H and O–H groups in total. The highest BCUT2D eigenvalue weighted by molar-refractivity contribution is 6.31. The molecule has 9 heteroatoms. The molecule has 28 heavy (non-hydrogen) atoms. The highest BCUT2D eigenvalue weighted by Gasteiger charge is 2.23. The standard InChI is InChI=1S/C19H18ClFN4O2.ClH/c1-24-5-4-13-17(24)14(19(26)25-6-8-27-9-7-25)11-22-18(13)23-12-2-3-16(21)15(20)10-12;/h2-5,10-11H,6-9H2,1H3,(H,22,23);1H. The van der Waals surface area contributed by atoms with E-state index in [-0.39, 0.29) is 23.3 Å². The number of rotatable bonds is 3. The molecule has 0 radical (unpaired) electrons. The Kier molecular flexibility index (Phi) is 6.07. The molecule has 148 valence electrons. The van der Waals surface area contributed by atoms with E-state index in [0.29, 0.717) is 43.4 Å². The number of pyridine rings is 1. The predicted molar refractivity (Wildman–Crippen MR) is 109 cm³/mol. The number of carbonyl (C=O) groups excluding carboxylic acids is 1. The largest absolute Gasteiger partial charge is 0.378 e. The molecular formula is C19H19Cl2FN4O2. The van der Waals surface area contributed by atoms with Gasteiger partial charge in [0, 0.05) is 43.6 Å². The summed E-state index contributed by atoms with van der Waals surface area (Å²) in [6.45, 7) is 2.22. The number of nitrogens with one attached hydrogen (secondary N) is 1. The van der Waals surface area contributed by atoms with Crippen molar-refractivity contribution in [1.29, 1.82) is 0 Å². The number of nitrogens with zero attached hydrogens (tertiary/aromatic N) is 3. The number of hydrogen-bond acceptors (Lipinski definition) is 4. The summed E-state index contributed by atoms with van der Waals surface area (Å²) in [5, 5.41) is 3.99. The van der Waals surface area contributed by atoms with Gasteiger partial charge < -0.3 is 19.5 Å². The Morgan fingerprint density at radius 1 is 1.29 bits per heavy atom. The molecule has 0 unspecified atom stereocenters. The van der Waals surface area contributed by atoms with E-state index in [4.69, 9.17) is 16.3 Å². The van der Waals surface area contributed by atoms with Crippen molar-refractivity contribution in [1.82, 2.24) is 14.5 Å². The fourth-order valence-electron chi connectivity index (χ4n) is 3.22. The van der Waals surface area contributed by atoms with E-state index >= 15 is 0 Å². The average molecular weight is 425 g/mol. The van der Waals surface area contributed by atoms with E-state index in [1.807, 2.05) is 23.9 Å². The minimum atomic E-state index is -0.480.